The molecule has 0 saturated heterocycles. The second-order valence-corrected chi connectivity index (χ2v) is 9.74. The van der Waals surface area contributed by atoms with Crippen molar-refractivity contribution in [1.82, 2.24) is 9.78 Å². The van der Waals surface area contributed by atoms with Gasteiger partial charge < -0.3 is 10.2 Å². The smallest absolute Gasteiger partial charge is 0.265 e. The highest BCUT2D eigenvalue weighted by molar-refractivity contribution is 7.20. The first kappa shape index (κ1) is 21.7. The molecule has 2 aromatic heterocycles. The molecule has 0 aliphatic carbocycles. The lowest BCUT2D eigenvalue weighted by molar-refractivity contribution is -0.116. The Morgan fingerprint density at radius 2 is 1.94 bits per heavy atom. The Morgan fingerprint density at radius 1 is 1.15 bits per heavy atom. The molecule has 8 heteroatoms. The van der Waals surface area contributed by atoms with Crippen molar-refractivity contribution in [2.24, 2.45) is 0 Å². The van der Waals surface area contributed by atoms with Crippen molar-refractivity contribution in [1.29, 1.82) is 0 Å². The van der Waals surface area contributed by atoms with E-state index in [0.717, 1.165) is 57.8 Å². The monoisotopic (exact) mass is 478 g/mol. The SMILES string of the molecule is CC(=O)N1CCCc2cc(NC(=O)c3cc4c(C)nn(Cc5ccc(Cl)cc5)c4s3)ccc21. The van der Waals surface area contributed by atoms with Crippen molar-refractivity contribution in [2.75, 3.05) is 16.8 Å². The summed E-state index contributed by atoms with van der Waals surface area (Å²) in [6, 6.07) is 15.4. The number of carbonyl (C=O) groups is 2. The highest BCUT2D eigenvalue weighted by Crippen LogP contribution is 2.32. The zero-order chi connectivity index (χ0) is 23.1. The Labute approximate surface area is 200 Å². The van der Waals surface area contributed by atoms with Crippen LogP contribution in [0.2, 0.25) is 5.02 Å². The number of aromatic nitrogens is 2. The summed E-state index contributed by atoms with van der Waals surface area (Å²) in [7, 11) is 0. The number of fused-ring (bicyclic) bond motifs is 2. The average molecular weight is 479 g/mol. The van der Waals surface area contributed by atoms with E-state index < -0.39 is 0 Å². The summed E-state index contributed by atoms with van der Waals surface area (Å²) in [5, 5.41) is 9.36. The van der Waals surface area contributed by atoms with Crippen LogP contribution < -0.4 is 10.2 Å². The van der Waals surface area contributed by atoms with E-state index in [2.05, 4.69) is 10.4 Å². The van der Waals surface area contributed by atoms with Crippen LogP contribution in [0.25, 0.3) is 10.2 Å². The molecule has 0 saturated carbocycles. The van der Waals surface area contributed by atoms with Crippen LogP contribution in [0.3, 0.4) is 0 Å². The number of halogens is 1. The molecule has 0 unspecified atom stereocenters. The number of carbonyl (C=O) groups excluding carboxylic acids is 2. The molecule has 0 spiro atoms. The molecule has 2 amide bonds. The number of nitrogens with zero attached hydrogens (tertiary/aromatic N) is 3. The summed E-state index contributed by atoms with van der Waals surface area (Å²) < 4.78 is 1.94. The lowest BCUT2D eigenvalue weighted by Crippen LogP contribution is -2.33. The molecule has 0 bridgehead atoms. The fraction of sp³-hybridized carbons (Fsp3) is 0.240. The molecule has 4 aromatic rings. The fourth-order valence-corrected chi connectivity index (χ4v) is 5.47. The fourth-order valence-electron chi connectivity index (χ4n) is 4.29. The third-order valence-corrected chi connectivity index (χ3v) is 7.31. The summed E-state index contributed by atoms with van der Waals surface area (Å²) in [6.07, 6.45) is 1.81. The van der Waals surface area contributed by atoms with E-state index in [-0.39, 0.29) is 11.8 Å². The van der Waals surface area contributed by atoms with Crippen LogP contribution in [0.1, 0.15) is 39.8 Å². The number of nitrogens with one attached hydrogen (secondary N) is 1. The van der Waals surface area contributed by atoms with Gasteiger partial charge in [0.25, 0.3) is 5.91 Å². The van der Waals surface area contributed by atoms with Crippen LogP contribution in [0.5, 0.6) is 0 Å². The van der Waals surface area contributed by atoms with E-state index in [4.69, 9.17) is 11.6 Å². The average Bonchev–Trinajstić information content (AvgIpc) is 3.36. The van der Waals surface area contributed by atoms with E-state index in [0.29, 0.717) is 16.4 Å². The van der Waals surface area contributed by atoms with Gasteiger partial charge in [-0.2, -0.15) is 5.10 Å². The minimum absolute atomic E-state index is 0.0426. The van der Waals surface area contributed by atoms with E-state index in [9.17, 15) is 9.59 Å². The summed E-state index contributed by atoms with van der Waals surface area (Å²) in [6.45, 7) is 4.89. The van der Waals surface area contributed by atoms with E-state index in [1.165, 1.54) is 11.3 Å². The molecule has 2 aromatic carbocycles. The third-order valence-electron chi connectivity index (χ3n) is 5.91. The van der Waals surface area contributed by atoms with Gasteiger partial charge in [-0.15, -0.1) is 11.3 Å². The van der Waals surface area contributed by atoms with Gasteiger partial charge in [0.2, 0.25) is 5.91 Å². The Hall–Kier alpha value is -3.16. The zero-order valence-corrected chi connectivity index (χ0v) is 20.0. The molecule has 1 aliphatic heterocycles. The molecule has 33 heavy (non-hydrogen) atoms. The minimum Gasteiger partial charge on any atom is -0.321 e. The molecular formula is C25H23ClN4O2S. The van der Waals surface area contributed by atoms with Crippen molar-refractivity contribution in [3.05, 3.63) is 75.3 Å². The highest BCUT2D eigenvalue weighted by Gasteiger charge is 2.21. The maximum Gasteiger partial charge on any atom is 0.265 e. The van der Waals surface area contributed by atoms with Crippen molar-refractivity contribution >= 4 is 56.3 Å². The van der Waals surface area contributed by atoms with Crippen LogP contribution in [0.4, 0.5) is 11.4 Å². The Bertz CT molecular complexity index is 1370. The molecule has 3 heterocycles. The quantitative estimate of drug-likeness (QED) is 0.411. The molecular weight excluding hydrogens is 456 g/mol. The van der Waals surface area contributed by atoms with Crippen LogP contribution in [0, 0.1) is 6.92 Å². The maximum atomic E-state index is 13.0. The number of benzene rings is 2. The summed E-state index contributed by atoms with van der Waals surface area (Å²) in [5.41, 5.74) is 4.75. The van der Waals surface area contributed by atoms with Crippen molar-refractivity contribution in [3.63, 3.8) is 0 Å². The van der Waals surface area contributed by atoms with Crippen LogP contribution in [0.15, 0.2) is 48.5 Å². The summed E-state index contributed by atoms with van der Waals surface area (Å²) in [5.74, 6) is -0.103. The molecule has 1 N–H and O–H groups in total. The first-order valence-corrected chi connectivity index (χ1v) is 12.0. The molecule has 1 aliphatic rings. The van der Waals surface area contributed by atoms with Gasteiger partial charge in [-0.25, -0.2) is 0 Å². The lowest BCUT2D eigenvalue weighted by Gasteiger charge is -2.28. The molecule has 5 rings (SSSR count). The maximum absolute atomic E-state index is 13.0. The number of hydrogen-bond acceptors (Lipinski definition) is 4. The summed E-state index contributed by atoms with van der Waals surface area (Å²) >= 11 is 7.43. The van der Waals surface area contributed by atoms with Crippen LogP contribution in [-0.2, 0) is 17.8 Å². The number of rotatable bonds is 4. The topological polar surface area (TPSA) is 67.2 Å². The van der Waals surface area contributed by atoms with Gasteiger partial charge in [0.15, 0.2) is 0 Å². The van der Waals surface area contributed by atoms with Gasteiger partial charge in [0.05, 0.1) is 17.1 Å². The first-order chi connectivity index (χ1) is 15.9. The van der Waals surface area contributed by atoms with Gasteiger partial charge >= 0.3 is 0 Å². The van der Waals surface area contributed by atoms with E-state index in [1.54, 1.807) is 11.8 Å². The number of anilines is 2. The van der Waals surface area contributed by atoms with Gasteiger partial charge in [0.1, 0.15) is 4.83 Å². The third kappa shape index (κ3) is 4.26. The van der Waals surface area contributed by atoms with Crippen LogP contribution >= 0.6 is 22.9 Å². The first-order valence-electron chi connectivity index (χ1n) is 10.8. The van der Waals surface area contributed by atoms with Gasteiger partial charge in [-0.05, 0) is 67.3 Å². The molecule has 168 valence electrons. The largest absolute Gasteiger partial charge is 0.321 e. The Balaban J connectivity index is 1.38. The molecule has 0 fully saturated rings. The van der Waals surface area contributed by atoms with Crippen molar-refractivity contribution < 1.29 is 9.59 Å². The number of thiophene rings is 1. The van der Waals surface area contributed by atoms with E-state index >= 15 is 0 Å². The number of amides is 2. The van der Waals surface area contributed by atoms with Gasteiger partial charge in [-0.1, -0.05) is 23.7 Å². The second-order valence-electron chi connectivity index (χ2n) is 8.27. The number of aryl methyl sites for hydroxylation is 2. The Kier molecular flexibility index (Phi) is 5.68. The van der Waals surface area contributed by atoms with E-state index in [1.807, 2.05) is 60.1 Å². The predicted octanol–water partition coefficient (Wildman–Crippen LogP) is 5.66. The second kappa shape index (κ2) is 8.65. The van der Waals surface area contributed by atoms with Crippen LogP contribution in [-0.4, -0.2) is 28.1 Å². The van der Waals surface area contributed by atoms with Crippen molar-refractivity contribution in [2.45, 2.75) is 33.2 Å². The lowest BCUT2D eigenvalue weighted by atomic mass is 10.0. The number of hydrogen-bond donors (Lipinski definition) is 1. The normalized spacial score (nSPS) is 13.2. The Morgan fingerprint density at radius 3 is 2.70 bits per heavy atom. The highest BCUT2D eigenvalue weighted by atomic mass is 35.5. The summed E-state index contributed by atoms with van der Waals surface area (Å²) in [4.78, 5) is 28.3. The minimum atomic E-state index is -0.146. The standard InChI is InChI=1S/C25H23ClN4O2S/c1-15-21-13-23(33-25(21)30(28-15)14-17-5-7-19(26)8-6-17)24(32)27-20-9-10-22-18(12-20)4-3-11-29(22)16(2)31/h5-10,12-13H,3-4,11,14H2,1-2H3,(H,27,32). The van der Waals surface area contributed by atoms with Crippen molar-refractivity contribution in [3.8, 4) is 0 Å². The molecule has 6 nitrogen and oxygen atoms in total. The zero-order valence-electron chi connectivity index (χ0n) is 18.4. The van der Waals surface area contributed by atoms with Gasteiger partial charge in [-0.3, -0.25) is 14.3 Å². The predicted molar refractivity (Wildman–Crippen MR) is 134 cm³/mol. The van der Waals surface area contributed by atoms with Gasteiger partial charge in [0, 0.05) is 35.3 Å². The molecule has 0 radical (unpaired) electrons. The molecule has 0 atom stereocenters.